The summed E-state index contributed by atoms with van der Waals surface area (Å²) in [5, 5.41) is 1.84. The number of para-hydroxylation sites is 1. The van der Waals surface area contributed by atoms with Crippen molar-refractivity contribution in [1.82, 2.24) is 4.98 Å². The van der Waals surface area contributed by atoms with Crippen molar-refractivity contribution in [2.75, 3.05) is 0 Å². The quantitative estimate of drug-likeness (QED) is 0.347. The fraction of sp³-hybridized carbons (Fsp3) is 0.154. The van der Waals surface area contributed by atoms with Crippen LogP contribution in [0.5, 0.6) is 0 Å². The molecule has 3 nitrogen and oxygen atoms in total. The molecule has 5 aromatic rings. The van der Waals surface area contributed by atoms with E-state index >= 15 is 0 Å². The molecular formula is C26H23N2O+. The maximum atomic E-state index is 8.20. The summed E-state index contributed by atoms with van der Waals surface area (Å²) in [6, 6.07) is 19.9. The number of pyridine rings is 2. The van der Waals surface area contributed by atoms with E-state index in [-0.39, 0.29) is 5.56 Å². The summed E-state index contributed by atoms with van der Waals surface area (Å²) in [7, 11) is 1.88. The molecule has 3 heterocycles. The van der Waals surface area contributed by atoms with Crippen molar-refractivity contribution in [2.45, 2.75) is 20.7 Å². The highest BCUT2D eigenvalue weighted by Gasteiger charge is 2.19. The largest absolute Gasteiger partial charge is 0.437 e. The zero-order valence-electron chi connectivity index (χ0n) is 19.7. The second-order valence-corrected chi connectivity index (χ2v) is 7.50. The predicted octanol–water partition coefficient (Wildman–Crippen LogP) is 6.06. The summed E-state index contributed by atoms with van der Waals surface area (Å²) in [4.78, 5) is 4.53. The first-order valence-corrected chi connectivity index (χ1v) is 9.63. The fourth-order valence-electron chi connectivity index (χ4n) is 3.98. The van der Waals surface area contributed by atoms with Gasteiger partial charge in [-0.2, -0.15) is 0 Å². The van der Waals surface area contributed by atoms with Gasteiger partial charge in [-0.1, -0.05) is 36.4 Å². The van der Waals surface area contributed by atoms with E-state index < -0.39 is 6.85 Å². The Morgan fingerprint density at radius 2 is 1.69 bits per heavy atom. The number of aromatic nitrogens is 2. The van der Waals surface area contributed by atoms with Crippen LogP contribution in [0.4, 0.5) is 0 Å². The van der Waals surface area contributed by atoms with Gasteiger partial charge >= 0.3 is 0 Å². The first kappa shape index (κ1) is 14.5. The second kappa shape index (κ2) is 6.56. The first-order chi connectivity index (χ1) is 15.2. The maximum absolute atomic E-state index is 8.20. The summed E-state index contributed by atoms with van der Waals surface area (Å²) >= 11 is 0. The molecule has 0 aliphatic carbocycles. The van der Waals surface area contributed by atoms with Crippen molar-refractivity contribution < 1.29 is 13.1 Å². The molecule has 0 aliphatic heterocycles. The highest BCUT2D eigenvalue weighted by Crippen LogP contribution is 2.37. The van der Waals surface area contributed by atoms with Crippen LogP contribution in [0.15, 0.2) is 71.3 Å². The van der Waals surface area contributed by atoms with Gasteiger partial charge in [0.1, 0.15) is 12.6 Å². The van der Waals surface area contributed by atoms with Gasteiger partial charge in [0, 0.05) is 48.9 Å². The van der Waals surface area contributed by atoms with Gasteiger partial charge in [0.15, 0.2) is 6.20 Å². The zero-order chi connectivity index (χ0) is 22.6. The number of fused-ring (bicyclic) bond motifs is 3. The number of furan rings is 1. The molecule has 0 spiro atoms. The van der Waals surface area contributed by atoms with Crippen molar-refractivity contribution in [1.29, 1.82) is 0 Å². The van der Waals surface area contributed by atoms with Crippen molar-refractivity contribution in [2.24, 2.45) is 7.05 Å². The van der Waals surface area contributed by atoms with Crippen LogP contribution in [0.1, 0.15) is 20.9 Å². The highest BCUT2D eigenvalue weighted by atomic mass is 16.3. The molecule has 0 saturated carbocycles. The lowest BCUT2D eigenvalue weighted by atomic mass is 9.96. The van der Waals surface area contributed by atoms with Crippen molar-refractivity contribution in [3.8, 4) is 22.4 Å². The van der Waals surface area contributed by atoms with Gasteiger partial charge in [0.2, 0.25) is 11.4 Å². The normalized spacial score (nSPS) is 13.4. The van der Waals surface area contributed by atoms with Crippen LogP contribution in [0.25, 0.3) is 44.5 Å². The molecule has 5 rings (SSSR count). The van der Waals surface area contributed by atoms with E-state index in [1.807, 2.05) is 67.1 Å². The monoisotopic (exact) mass is 382 g/mol. The number of hydrogen-bond donors (Lipinski definition) is 0. The molecule has 3 heteroatoms. The standard InChI is InChI=1S/C26H23N2O/c1-16-8-5-6-9-19(16)24-14-23(17(2)15-28(24)4)21-11-7-10-20-22-13-12-18(3)27-26(22)29-25(20)21/h5-15H,1-4H3/q+1/i2D3. The molecule has 142 valence electrons. The Labute approximate surface area is 174 Å². The molecule has 2 aromatic carbocycles. The molecule has 3 aromatic heterocycles. The third kappa shape index (κ3) is 2.82. The van der Waals surface area contributed by atoms with Gasteiger partial charge in [0.25, 0.3) is 0 Å². The van der Waals surface area contributed by atoms with E-state index in [1.165, 1.54) is 0 Å². The van der Waals surface area contributed by atoms with Crippen LogP contribution in [-0.2, 0) is 7.05 Å². The van der Waals surface area contributed by atoms with Crippen LogP contribution in [0.2, 0.25) is 0 Å². The molecule has 0 aliphatic rings. The van der Waals surface area contributed by atoms with Crippen molar-refractivity contribution >= 4 is 22.1 Å². The van der Waals surface area contributed by atoms with Gasteiger partial charge in [0.05, 0.1) is 0 Å². The average Bonchev–Trinajstić information content (AvgIpc) is 3.11. The zero-order valence-corrected chi connectivity index (χ0v) is 16.7. The van der Waals surface area contributed by atoms with E-state index in [9.17, 15) is 0 Å². The predicted molar refractivity (Wildman–Crippen MR) is 118 cm³/mol. The minimum Gasteiger partial charge on any atom is -0.437 e. The minimum absolute atomic E-state index is 0.287. The molecular weight excluding hydrogens is 356 g/mol. The average molecular weight is 383 g/mol. The molecule has 0 saturated heterocycles. The Balaban J connectivity index is 1.86. The molecule has 0 fully saturated rings. The van der Waals surface area contributed by atoms with Crippen LogP contribution >= 0.6 is 0 Å². The Bertz CT molecular complexity index is 1500. The van der Waals surface area contributed by atoms with E-state index in [0.29, 0.717) is 16.9 Å². The van der Waals surface area contributed by atoms with Crippen LogP contribution in [-0.4, -0.2) is 4.98 Å². The summed E-state index contributed by atoms with van der Waals surface area (Å²) < 4.78 is 32.7. The van der Waals surface area contributed by atoms with E-state index in [2.05, 4.69) is 24.0 Å². The third-order valence-corrected chi connectivity index (χ3v) is 5.49. The lowest BCUT2D eigenvalue weighted by molar-refractivity contribution is -0.660. The third-order valence-electron chi connectivity index (χ3n) is 5.49. The van der Waals surface area contributed by atoms with E-state index in [4.69, 9.17) is 8.53 Å². The minimum atomic E-state index is -2.28. The van der Waals surface area contributed by atoms with Gasteiger partial charge < -0.3 is 4.42 Å². The molecule has 0 atom stereocenters. The maximum Gasteiger partial charge on any atom is 0.227 e. The van der Waals surface area contributed by atoms with Gasteiger partial charge in [-0.25, -0.2) is 9.55 Å². The number of benzene rings is 2. The van der Waals surface area contributed by atoms with Crippen LogP contribution < -0.4 is 4.57 Å². The summed E-state index contributed by atoms with van der Waals surface area (Å²) in [5.41, 5.74) is 6.87. The number of rotatable bonds is 2. The lowest BCUT2D eigenvalue weighted by Crippen LogP contribution is -2.31. The Hall–Kier alpha value is -3.46. The number of hydrogen-bond acceptors (Lipinski definition) is 2. The summed E-state index contributed by atoms with van der Waals surface area (Å²) in [6.45, 7) is 1.70. The van der Waals surface area contributed by atoms with Crippen LogP contribution in [0, 0.1) is 20.7 Å². The highest BCUT2D eigenvalue weighted by molar-refractivity contribution is 6.08. The topological polar surface area (TPSA) is 29.9 Å². The lowest BCUT2D eigenvalue weighted by Gasteiger charge is -2.10. The molecule has 0 unspecified atom stereocenters. The van der Waals surface area contributed by atoms with Crippen LogP contribution in [0.3, 0.4) is 0 Å². The molecule has 0 radical (unpaired) electrons. The summed E-state index contributed by atoms with van der Waals surface area (Å²) in [6.07, 6.45) is 1.72. The van der Waals surface area contributed by atoms with Crippen molar-refractivity contribution in [3.05, 3.63) is 83.7 Å². The Morgan fingerprint density at radius 1 is 0.862 bits per heavy atom. The van der Waals surface area contributed by atoms with E-state index in [0.717, 1.165) is 38.9 Å². The number of nitrogens with zero attached hydrogens (tertiary/aromatic N) is 2. The molecule has 0 bridgehead atoms. The molecule has 0 N–H and O–H groups in total. The smallest absolute Gasteiger partial charge is 0.227 e. The van der Waals surface area contributed by atoms with Gasteiger partial charge in [-0.3, -0.25) is 0 Å². The summed E-state index contributed by atoms with van der Waals surface area (Å²) in [5.74, 6) is 0. The second-order valence-electron chi connectivity index (χ2n) is 7.50. The van der Waals surface area contributed by atoms with Gasteiger partial charge in [-0.15, -0.1) is 0 Å². The Kier molecular flexibility index (Phi) is 3.28. The Morgan fingerprint density at radius 3 is 2.52 bits per heavy atom. The van der Waals surface area contributed by atoms with Crippen molar-refractivity contribution in [3.63, 3.8) is 0 Å². The number of aryl methyl sites for hydroxylation is 4. The van der Waals surface area contributed by atoms with Gasteiger partial charge in [-0.05, 0) is 44.5 Å². The fourth-order valence-corrected chi connectivity index (χ4v) is 3.98. The SMILES string of the molecule is [2H]C([2H])([2H])c1c[n+](C)c(-c2ccccc2C)cc1-c1cccc2c1oc1nc(C)ccc12. The molecule has 0 amide bonds. The van der Waals surface area contributed by atoms with E-state index in [1.54, 1.807) is 6.20 Å². The first-order valence-electron chi connectivity index (χ1n) is 11.1. The molecule has 29 heavy (non-hydrogen) atoms.